The molecule has 7 heteroatoms. The number of rotatable bonds is 5. The fraction of sp³-hybridized carbons (Fsp3) is 0.304. The number of anilines is 1. The van der Waals surface area contributed by atoms with E-state index in [2.05, 4.69) is 4.90 Å². The number of imide groups is 1. The summed E-state index contributed by atoms with van der Waals surface area (Å²) in [6.07, 6.45) is 0. The number of amides is 2. The van der Waals surface area contributed by atoms with Crippen molar-refractivity contribution in [1.82, 2.24) is 9.80 Å². The van der Waals surface area contributed by atoms with Gasteiger partial charge in [0.1, 0.15) is 5.70 Å². The maximum atomic E-state index is 13.5. The molecule has 2 aromatic rings. The average molecular weight is 426 g/mol. The molecule has 0 radical (unpaired) electrons. The van der Waals surface area contributed by atoms with Crippen molar-refractivity contribution in [3.8, 4) is 0 Å². The first-order chi connectivity index (χ1) is 14.5. The highest BCUT2D eigenvalue weighted by Gasteiger charge is 2.43. The van der Waals surface area contributed by atoms with Gasteiger partial charge in [-0.15, -0.1) is 0 Å². The summed E-state index contributed by atoms with van der Waals surface area (Å²) in [4.78, 5) is 32.4. The van der Waals surface area contributed by atoms with Crippen molar-refractivity contribution < 1.29 is 14.7 Å². The molecular formula is C23H24ClN3O3. The number of β-amino-alcohol motifs (C(OH)–C–C–N with tert-alkyl or cyclic N) is 1. The van der Waals surface area contributed by atoms with Gasteiger partial charge in [-0.2, -0.15) is 0 Å². The molecule has 30 heavy (non-hydrogen) atoms. The van der Waals surface area contributed by atoms with E-state index in [1.165, 1.54) is 4.90 Å². The Morgan fingerprint density at radius 2 is 1.67 bits per heavy atom. The van der Waals surface area contributed by atoms with E-state index in [0.29, 0.717) is 47.2 Å². The lowest BCUT2D eigenvalue weighted by Crippen LogP contribution is -2.48. The first-order valence-corrected chi connectivity index (χ1v) is 10.4. The highest BCUT2D eigenvalue weighted by atomic mass is 35.5. The molecule has 0 aliphatic carbocycles. The molecule has 1 saturated heterocycles. The molecule has 4 rings (SSSR count). The van der Waals surface area contributed by atoms with Crippen molar-refractivity contribution in [1.29, 1.82) is 0 Å². The Morgan fingerprint density at radius 3 is 2.30 bits per heavy atom. The van der Waals surface area contributed by atoms with Gasteiger partial charge in [0.05, 0.1) is 17.9 Å². The Hall–Kier alpha value is -2.67. The second kappa shape index (κ2) is 8.60. The molecule has 0 spiro atoms. The Morgan fingerprint density at radius 1 is 0.967 bits per heavy atom. The Balaban J connectivity index is 1.74. The van der Waals surface area contributed by atoms with Crippen LogP contribution in [0.3, 0.4) is 0 Å². The van der Waals surface area contributed by atoms with Gasteiger partial charge in [-0.3, -0.25) is 14.5 Å². The summed E-state index contributed by atoms with van der Waals surface area (Å²) in [5.74, 6) is -0.619. The Labute approximate surface area is 181 Å². The lowest BCUT2D eigenvalue weighted by molar-refractivity contribution is -0.120. The van der Waals surface area contributed by atoms with Gasteiger partial charge in [0.15, 0.2) is 0 Å². The molecule has 156 valence electrons. The van der Waals surface area contributed by atoms with Crippen LogP contribution in [0.5, 0.6) is 0 Å². The monoisotopic (exact) mass is 425 g/mol. The van der Waals surface area contributed by atoms with Gasteiger partial charge in [0, 0.05) is 37.7 Å². The number of benzene rings is 2. The minimum Gasteiger partial charge on any atom is -0.395 e. The van der Waals surface area contributed by atoms with E-state index in [9.17, 15) is 14.7 Å². The highest BCUT2D eigenvalue weighted by Crippen LogP contribution is 2.35. The summed E-state index contributed by atoms with van der Waals surface area (Å²) in [7, 11) is 0. The quantitative estimate of drug-likeness (QED) is 0.746. The third-order valence-electron chi connectivity index (χ3n) is 5.56. The van der Waals surface area contributed by atoms with Crippen LogP contribution >= 0.6 is 11.6 Å². The number of carbonyl (C=O) groups is 2. The first-order valence-electron chi connectivity index (χ1n) is 10.0. The SMILES string of the molecule is Cc1cccc(N2C(=O)C(c3ccc(Cl)cc3)=C(N3CCN(CCO)CC3)C2=O)c1. The zero-order valence-corrected chi connectivity index (χ0v) is 17.6. The van der Waals surface area contributed by atoms with Crippen molar-refractivity contribution >= 4 is 34.7 Å². The molecule has 1 fully saturated rings. The van der Waals surface area contributed by atoms with Crippen LogP contribution < -0.4 is 4.90 Å². The van der Waals surface area contributed by atoms with E-state index < -0.39 is 0 Å². The predicted octanol–water partition coefficient (Wildman–Crippen LogP) is 2.54. The molecule has 1 N–H and O–H groups in total. The number of aryl methyl sites for hydroxylation is 1. The lowest BCUT2D eigenvalue weighted by atomic mass is 10.0. The summed E-state index contributed by atoms with van der Waals surface area (Å²) >= 11 is 6.04. The predicted molar refractivity (Wildman–Crippen MR) is 117 cm³/mol. The normalized spacial score (nSPS) is 18.0. The molecule has 0 saturated carbocycles. The fourth-order valence-electron chi connectivity index (χ4n) is 4.03. The van der Waals surface area contributed by atoms with Crippen molar-refractivity contribution in [2.45, 2.75) is 6.92 Å². The molecular weight excluding hydrogens is 402 g/mol. The second-order valence-corrected chi connectivity index (χ2v) is 8.00. The number of aliphatic hydroxyl groups is 1. The minimum absolute atomic E-state index is 0.108. The zero-order valence-electron chi connectivity index (χ0n) is 16.8. The molecule has 0 aromatic heterocycles. The van der Waals surface area contributed by atoms with E-state index in [0.717, 1.165) is 18.7 Å². The van der Waals surface area contributed by atoms with Gasteiger partial charge in [0.2, 0.25) is 0 Å². The van der Waals surface area contributed by atoms with Crippen molar-refractivity contribution in [2.75, 3.05) is 44.2 Å². The number of halogens is 1. The van der Waals surface area contributed by atoms with Crippen LogP contribution in [0.25, 0.3) is 5.57 Å². The summed E-state index contributed by atoms with van der Waals surface area (Å²) in [5.41, 5.74) is 3.08. The van der Waals surface area contributed by atoms with Gasteiger partial charge in [0.25, 0.3) is 11.8 Å². The molecule has 2 amide bonds. The average Bonchev–Trinajstić information content (AvgIpc) is 3.00. The minimum atomic E-state index is -0.319. The van der Waals surface area contributed by atoms with E-state index >= 15 is 0 Å². The zero-order chi connectivity index (χ0) is 21.3. The van der Waals surface area contributed by atoms with Crippen molar-refractivity contribution in [3.63, 3.8) is 0 Å². The van der Waals surface area contributed by atoms with Crippen LogP contribution in [0.1, 0.15) is 11.1 Å². The topological polar surface area (TPSA) is 64.1 Å². The Bertz CT molecular complexity index is 995. The first kappa shape index (κ1) is 20.6. The van der Waals surface area contributed by atoms with Crippen LogP contribution in [0, 0.1) is 6.92 Å². The Kier molecular flexibility index (Phi) is 5.90. The number of carbonyl (C=O) groups excluding carboxylic acids is 2. The second-order valence-electron chi connectivity index (χ2n) is 7.57. The standard InChI is InChI=1S/C23H24ClN3O3/c1-16-3-2-4-19(15-16)27-22(29)20(17-5-7-18(24)8-6-17)21(23(27)30)26-11-9-25(10-12-26)13-14-28/h2-8,15,28H,9-14H2,1H3. The van der Waals surface area contributed by atoms with Gasteiger partial charge in [-0.25, -0.2) is 4.90 Å². The van der Waals surface area contributed by atoms with Crippen LogP contribution in [0.15, 0.2) is 54.2 Å². The van der Waals surface area contributed by atoms with Crippen LogP contribution in [-0.4, -0.2) is 66.1 Å². The number of hydrogen-bond donors (Lipinski definition) is 1. The molecule has 2 aliphatic rings. The third-order valence-corrected chi connectivity index (χ3v) is 5.81. The van der Waals surface area contributed by atoms with Crippen LogP contribution in [-0.2, 0) is 9.59 Å². The van der Waals surface area contributed by atoms with Gasteiger partial charge >= 0.3 is 0 Å². The smallest absolute Gasteiger partial charge is 0.282 e. The molecule has 0 unspecified atom stereocenters. The van der Waals surface area contributed by atoms with E-state index in [-0.39, 0.29) is 18.4 Å². The summed E-state index contributed by atoms with van der Waals surface area (Å²) in [6.45, 7) is 5.34. The van der Waals surface area contributed by atoms with Crippen LogP contribution in [0.2, 0.25) is 5.02 Å². The summed E-state index contributed by atoms with van der Waals surface area (Å²) < 4.78 is 0. The molecule has 2 heterocycles. The molecule has 6 nitrogen and oxygen atoms in total. The number of piperazine rings is 1. The van der Waals surface area contributed by atoms with Gasteiger partial charge in [-0.1, -0.05) is 35.9 Å². The van der Waals surface area contributed by atoms with Gasteiger partial charge < -0.3 is 10.0 Å². The van der Waals surface area contributed by atoms with Gasteiger partial charge in [-0.05, 0) is 42.3 Å². The largest absolute Gasteiger partial charge is 0.395 e. The van der Waals surface area contributed by atoms with Crippen molar-refractivity contribution in [3.05, 3.63) is 70.4 Å². The molecule has 2 aliphatic heterocycles. The fourth-order valence-corrected chi connectivity index (χ4v) is 4.15. The maximum absolute atomic E-state index is 13.5. The number of aliphatic hydroxyl groups excluding tert-OH is 1. The molecule has 0 atom stereocenters. The van der Waals surface area contributed by atoms with E-state index in [1.54, 1.807) is 30.3 Å². The summed E-state index contributed by atoms with van der Waals surface area (Å²) in [5, 5.41) is 9.76. The summed E-state index contributed by atoms with van der Waals surface area (Å²) in [6, 6.07) is 14.4. The molecule has 2 aromatic carbocycles. The van der Waals surface area contributed by atoms with Crippen molar-refractivity contribution in [2.24, 2.45) is 0 Å². The van der Waals surface area contributed by atoms with E-state index in [1.807, 2.05) is 30.0 Å². The van der Waals surface area contributed by atoms with Crippen LogP contribution in [0.4, 0.5) is 5.69 Å². The molecule has 0 bridgehead atoms. The third kappa shape index (κ3) is 3.86. The number of hydrogen-bond acceptors (Lipinski definition) is 5. The van der Waals surface area contributed by atoms with E-state index in [4.69, 9.17) is 11.6 Å². The maximum Gasteiger partial charge on any atom is 0.282 e. The number of nitrogens with zero attached hydrogens (tertiary/aromatic N) is 3. The lowest BCUT2D eigenvalue weighted by Gasteiger charge is -2.36. The highest BCUT2D eigenvalue weighted by molar-refractivity contribution is 6.45.